The van der Waals surface area contributed by atoms with Gasteiger partial charge in [-0.1, -0.05) is 15.9 Å². The highest BCUT2D eigenvalue weighted by Gasteiger charge is 2.39. The first-order valence-corrected chi connectivity index (χ1v) is 7.74. The SMILES string of the molecule is Cc1cc(Br)ccc1N1CCC(=O)N2CCCC2C1=O. The van der Waals surface area contributed by atoms with Crippen molar-refractivity contribution in [2.45, 2.75) is 32.2 Å². The van der Waals surface area contributed by atoms with E-state index < -0.39 is 0 Å². The summed E-state index contributed by atoms with van der Waals surface area (Å²) >= 11 is 3.44. The minimum Gasteiger partial charge on any atom is -0.331 e. The predicted molar refractivity (Wildman–Crippen MR) is 80.6 cm³/mol. The Kier molecular flexibility index (Phi) is 3.54. The van der Waals surface area contributed by atoms with Crippen LogP contribution in [0.25, 0.3) is 0 Å². The van der Waals surface area contributed by atoms with E-state index in [1.54, 1.807) is 9.80 Å². The van der Waals surface area contributed by atoms with Crippen molar-refractivity contribution in [1.82, 2.24) is 4.90 Å². The quantitative estimate of drug-likeness (QED) is 0.790. The second kappa shape index (κ2) is 5.20. The lowest BCUT2D eigenvalue weighted by Crippen LogP contribution is -2.43. The van der Waals surface area contributed by atoms with Gasteiger partial charge in [0.05, 0.1) is 0 Å². The third kappa shape index (κ3) is 2.24. The number of benzene rings is 1. The number of carbonyl (C=O) groups is 2. The van der Waals surface area contributed by atoms with Gasteiger partial charge in [0.1, 0.15) is 6.04 Å². The van der Waals surface area contributed by atoms with Gasteiger partial charge in [-0.3, -0.25) is 9.59 Å². The van der Waals surface area contributed by atoms with E-state index in [1.165, 1.54) is 0 Å². The van der Waals surface area contributed by atoms with E-state index >= 15 is 0 Å². The van der Waals surface area contributed by atoms with Crippen molar-refractivity contribution in [2.75, 3.05) is 18.0 Å². The van der Waals surface area contributed by atoms with Crippen LogP contribution in [0.5, 0.6) is 0 Å². The molecule has 2 heterocycles. The Hall–Kier alpha value is -1.36. The Morgan fingerprint density at radius 1 is 1.25 bits per heavy atom. The molecule has 3 rings (SSSR count). The number of rotatable bonds is 1. The molecule has 1 aromatic carbocycles. The highest BCUT2D eigenvalue weighted by atomic mass is 79.9. The standard InChI is InChI=1S/C15H17BrN2O2/c1-10-9-11(16)4-5-12(10)18-8-6-14(19)17-7-2-3-13(17)15(18)20/h4-5,9,13H,2-3,6-8H2,1H3. The molecule has 106 valence electrons. The molecule has 4 nitrogen and oxygen atoms in total. The molecule has 0 aliphatic carbocycles. The number of aryl methyl sites for hydroxylation is 1. The first kappa shape index (κ1) is 13.6. The van der Waals surface area contributed by atoms with Crippen LogP contribution in [0.3, 0.4) is 0 Å². The number of anilines is 1. The maximum absolute atomic E-state index is 12.7. The molecule has 0 bridgehead atoms. The molecule has 1 atom stereocenters. The minimum absolute atomic E-state index is 0.0683. The highest BCUT2D eigenvalue weighted by molar-refractivity contribution is 9.10. The van der Waals surface area contributed by atoms with Crippen LogP contribution in [0, 0.1) is 6.92 Å². The first-order valence-electron chi connectivity index (χ1n) is 6.95. The van der Waals surface area contributed by atoms with Crippen molar-refractivity contribution >= 4 is 33.4 Å². The maximum Gasteiger partial charge on any atom is 0.249 e. The Bertz CT molecular complexity index is 573. The van der Waals surface area contributed by atoms with E-state index in [2.05, 4.69) is 15.9 Å². The fraction of sp³-hybridized carbons (Fsp3) is 0.467. The molecule has 2 saturated heterocycles. The number of carbonyl (C=O) groups excluding carboxylic acids is 2. The molecule has 0 N–H and O–H groups in total. The van der Waals surface area contributed by atoms with Crippen molar-refractivity contribution < 1.29 is 9.59 Å². The van der Waals surface area contributed by atoms with Crippen LogP contribution in [0.15, 0.2) is 22.7 Å². The lowest BCUT2D eigenvalue weighted by Gasteiger charge is -2.26. The summed E-state index contributed by atoms with van der Waals surface area (Å²) < 4.78 is 1.000. The van der Waals surface area contributed by atoms with Gasteiger partial charge in [-0.15, -0.1) is 0 Å². The van der Waals surface area contributed by atoms with Crippen LogP contribution in [-0.2, 0) is 9.59 Å². The zero-order chi connectivity index (χ0) is 14.3. The number of nitrogens with zero attached hydrogens (tertiary/aromatic N) is 2. The first-order chi connectivity index (χ1) is 9.58. The summed E-state index contributed by atoms with van der Waals surface area (Å²) in [7, 11) is 0. The lowest BCUT2D eigenvalue weighted by atomic mass is 10.1. The number of hydrogen-bond donors (Lipinski definition) is 0. The largest absolute Gasteiger partial charge is 0.331 e. The lowest BCUT2D eigenvalue weighted by molar-refractivity contribution is -0.135. The summed E-state index contributed by atoms with van der Waals surface area (Å²) in [5.41, 5.74) is 1.96. The number of hydrogen-bond acceptors (Lipinski definition) is 2. The summed E-state index contributed by atoms with van der Waals surface area (Å²) in [6.07, 6.45) is 2.13. The van der Waals surface area contributed by atoms with Gasteiger partial charge < -0.3 is 9.80 Å². The molecule has 0 aromatic heterocycles. The van der Waals surface area contributed by atoms with Crippen molar-refractivity contribution in [1.29, 1.82) is 0 Å². The van der Waals surface area contributed by atoms with E-state index in [9.17, 15) is 9.59 Å². The van der Waals surface area contributed by atoms with Crippen LogP contribution >= 0.6 is 15.9 Å². The molecule has 2 aliphatic rings. The van der Waals surface area contributed by atoms with Crippen molar-refractivity contribution in [3.8, 4) is 0 Å². The van der Waals surface area contributed by atoms with Gasteiger partial charge in [-0.05, 0) is 43.5 Å². The Morgan fingerprint density at radius 2 is 2.05 bits per heavy atom. The van der Waals surface area contributed by atoms with Crippen LogP contribution in [0.4, 0.5) is 5.69 Å². The molecule has 20 heavy (non-hydrogen) atoms. The van der Waals surface area contributed by atoms with E-state index in [0.717, 1.165) is 35.1 Å². The molecule has 5 heteroatoms. The zero-order valence-corrected chi connectivity index (χ0v) is 13.0. The summed E-state index contributed by atoms with van der Waals surface area (Å²) in [4.78, 5) is 28.4. The fourth-order valence-corrected chi connectivity index (χ4v) is 3.60. The van der Waals surface area contributed by atoms with Gasteiger partial charge in [0.2, 0.25) is 11.8 Å². The van der Waals surface area contributed by atoms with Crippen molar-refractivity contribution in [2.24, 2.45) is 0 Å². The van der Waals surface area contributed by atoms with E-state index in [1.807, 2.05) is 25.1 Å². The normalized spacial score (nSPS) is 23.0. The summed E-state index contributed by atoms with van der Waals surface area (Å²) in [5, 5.41) is 0. The summed E-state index contributed by atoms with van der Waals surface area (Å²) in [5.74, 6) is 0.178. The van der Waals surface area contributed by atoms with Gasteiger partial charge in [-0.25, -0.2) is 0 Å². The molecule has 0 spiro atoms. The molecule has 2 fully saturated rings. The summed E-state index contributed by atoms with van der Waals surface area (Å²) in [6.45, 7) is 3.20. The zero-order valence-electron chi connectivity index (χ0n) is 11.4. The van der Waals surface area contributed by atoms with Gasteiger partial charge >= 0.3 is 0 Å². The van der Waals surface area contributed by atoms with Gasteiger partial charge in [0, 0.05) is 29.7 Å². The topological polar surface area (TPSA) is 40.6 Å². The summed E-state index contributed by atoms with van der Waals surface area (Å²) in [6, 6.07) is 5.64. The Balaban J connectivity index is 1.96. The highest BCUT2D eigenvalue weighted by Crippen LogP contribution is 2.29. The van der Waals surface area contributed by atoms with Crippen molar-refractivity contribution in [3.63, 3.8) is 0 Å². The molecular weight excluding hydrogens is 320 g/mol. The second-order valence-electron chi connectivity index (χ2n) is 5.42. The van der Waals surface area contributed by atoms with Gasteiger partial charge in [0.15, 0.2) is 0 Å². The Labute approximate surface area is 126 Å². The van der Waals surface area contributed by atoms with Crippen LogP contribution in [0.2, 0.25) is 0 Å². The Morgan fingerprint density at radius 3 is 2.80 bits per heavy atom. The van der Waals surface area contributed by atoms with Gasteiger partial charge in [0.25, 0.3) is 0 Å². The van der Waals surface area contributed by atoms with Crippen LogP contribution in [-0.4, -0.2) is 35.8 Å². The monoisotopic (exact) mass is 336 g/mol. The number of amides is 2. The van der Waals surface area contributed by atoms with E-state index in [0.29, 0.717) is 13.0 Å². The minimum atomic E-state index is -0.256. The third-order valence-electron chi connectivity index (χ3n) is 4.12. The van der Waals surface area contributed by atoms with Gasteiger partial charge in [-0.2, -0.15) is 0 Å². The second-order valence-corrected chi connectivity index (χ2v) is 6.33. The molecule has 2 amide bonds. The predicted octanol–water partition coefficient (Wildman–Crippen LogP) is 2.49. The molecule has 2 aliphatic heterocycles. The molecular formula is C15H17BrN2O2. The average Bonchev–Trinajstić information content (AvgIpc) is 2.85. The van der Waals surface area contributed by atoms with Crippen LogP contribution in [0.1, 0.15) is 24.8 Å². The smallest absolute Gasteiger partial charge is 0.249 e. The molecule has 0 radical (unpaired) electrons. The van der Waals surface area contributed by atoms with Crippen molar-refractivity contribution in [3.05, 3.63) is 28.2 Å². The molecule has 1 unspecified atom stereocenters. The molecule has 1 aromatic rings. The van der Waals surface area contributed by atoms with E-state index in [4.69, 9.17) is 0 Å². The maximum atomic E-state index is 12.7. The fourth-order valence-electron chi connectivity index (χ4n) is 3.12. The number of halogens is 1. The van der Waals surface area contributed by atoms with Crippen LogP contribution < -0.4 is 4.90 Å². The third-order valence-corrected chi connectivity index (χ3v) is 4.62. The average molecular weight is 337 g/mol. The number of fused-ring (bicyclic) bond motifs is 1. The van der Waals surface area contributed by atoms with E-state index in [-0.39, 0.29) is 17.9 Å². The molecule has 0 saturated carbocycles.